The van der Waals surface area contributed by atoms with E-state index in [1.165, 1.54) is 0 Å². The topological polar surface area (TPSA) is 64.3 Å². The van der Waals surface area contributed by atoms with Crippen molar-refractivity contribution in [2.45, 2.75) is 19.3 Å². The molecule has 0 atom stereocenters. The molecule has 0 radical (unpaired) electrons. The van der Waals surface area contributed by atoms with Gasteiger partial charge in [0.1, 0.15) is 0 Å². The quantitative estimate of drug-likeness (QED) is 0.591. The van der Waals surface area contributed by atoms with E-state index < -0.39 is 0 Å². The van der Waals surface area contributed by atoms with Crippen LogP contribution in [0.25, 0.3) is 0 Å². The van der Waals surface area contributed by atoms with Crippen LogP contribution in [0.2, 0.25) is 5.02 Å². The first-order valence-corrected chi connectivity index (χ1v) is 6.35. The summed E-state index contributed by atoms with van der Waals surface area (Å²) in [6.45, 7) is 1.42. The van der Waals surface area contributed by atoms with E-state index in [0.29, 0.717) is 22.8 Å². The maximum Gasteiger partial charge on any atom is 0.251 e. The lowest BCUT2D eigenvalue weighted by molar-refractivity contribution is 0.0952. The summed E-state index contributed by atoms with van der Waals surface area (Å²) in [7, 11) is 1.69. The number of carbonyl (C=O) groups is 1. The highest BCUT2D eigenvalue weighted by molar-refractivity contribution is 6.33. The lowest BCUT2D eigenvalue weighted by Gasteiger charge is -2.06. The number of unbranched alkanes of at least 4 members (excludes halogenated alkanes) is 2. The fourth-order valence-electron chi connectivity index (χ4n) is 1.54. The van der Waals surface area contributed by atoms with E-state index in [9.17, 15) is 4.79 Å². The zero-order valence-electron chi connectivity index (χ0n) is 10.5. The molecule has 0 aliphatic carbocycles. The van der Waals surface area contributed by atoms with Crippen LogP contribution >= 0.6 is 11.6 Å². The highest BCUT2D eigenvalue weighted by atomic mass is 35.5. The van der Waals surface area contributed by atoms with Crippen molar-refractivity contribution in [1.82, 2.24) is 5.32 Å². The van der Waals surface area contributed by atoms with Crippen molar-refractivity contribution >= 4 is 23.2 Å². The van der Waals surface area contributed by atoms with Gasteiger partial charge in [0.05, 0.1) is 10.7 Å². The molecule has 1 rings (SSSR count). The molecule has 0 aliphatic heterocycles. The van der Waals surface area contributed by atoms with Gasteiger partial charge >= 0.3 is 0 Å². The van der Waals surface area contributed by atoms with E-state index in [0.717, 1.165) is 25.9 Å². The van der Waals surface area contributed by atoms with E-state index in [1.54, 1.807) is 25.3 Å². The van der Waals surface area contributed by atoms with E-state index in [2.05, 4.69) is 5.32 Å². The average Bonchev–Trinajstić information content (AvgIpc) is 2.36. The molecule has 0 saturated carbocycles. The van der Waals surface area contributed by atoms with E-state index in [1.807, 2.05) is 0 Å². The van der Waals surface area contributed by atoms with Gasteiger partial charge in [0, 0.05) is 25.8 Å². The number of ether oxygens (including phenoxy) is 1. The van der Waals surface area contributed by atoms with Gasteiger partial charge in [-0.2, -0.15) is 0 Å². The lowest BCUT2D eigenvalue weighted by Crippen LogP contribution is -2.24. The molecule has 3 N–H and O–H groups in total. The van der Waals surface area contributed by atoms with E-state index in [-0.39, 0.29) is 5.91 Å². The fourth-order valence-corrected chi connectivity index (χ4v) is 1.65. The Hall–Kier alpha value is -1.26. The maximum absolute atomic E-state index is 11.8. The molecule has 4 nitrogen and oxygen atoms in total. The highest BCUT2D eigenvalue weighted by Crippen LogP contribution is 2.19. The number of rotatable bonds is 7. The van der Waals surface area contributed by atoms with Gasteiger partial charge < -0.3 is 15.8 Å². The molecule has 18 heavy (non-hydrogen) atoms. The van der Waals surface area contributed by atoms with Crippen molar-refractivity contribution in [2.75, 3.05) is 26.0 Å². The van der Waals surface area contributed by atoms with Crippen LogP contribution in [-0.2, 0) is 4.74 Å². The van der Waals surface area contributed by atoms with Gasteiger partial charge in [0.2, 0.25) is 0 Å². The van der Waals surface area contributed by atoms with Gasteiger partial charge in [-0.1, -0.05) is 11.6 Å². The Morgan fingerprint density at radius 2 is 2.17 bits per heavy atom. The first kappa shape index (κ1) is 14.8. The molecule has 0 fully saturated rings. The number of anilines is 1. The number of hydrogen-bond donors (Lipinski definition) is 2. The van der Waals surface area contributed by atoms with Gasteiger partial charge in [0.25, 0.3) is 5.91 Å². The third kappa shape index (κ3) is 4.94. The molecule has 0 aromatic heterocycles. The Labute approximate surface area is 112 Å². The monoisotopic (exact) mass is 270 g/mol. The predicted molar refractivity (Wildman–Crippen MR) is 73.9 cm³/mol. The predicted octanol–water partition coefficient (Wildman–Crippen LogP) is 2.47. The van der Waals surface area contributed by atoms with Crippen LogP contribution in [0.1, 0.15) is 29.6 Å². The Kier molecular flexibility index (Phi) is 6.54. The molecular weight excluding hydrogens is 252 g/mol. The van der Waals surface area contributed by atoms with Crippen molar-refractivity contribution in [3.63, 3.8) is 0 Å². The minimum atomic E-state index is -0.120. The molecular formula is C13H19ClN2O2. The zero-order chi connectivity index (χ0) is 13.4. The van der Waals surface area contributed by atoms with Crippen LogP contribution in [-0.4, -0.2) is 26.2 Å². The molecule has 100 valence electrons. The number of nitrogen functional groups attached to an aromatic ring is 1. The summed E-state index contributed by atoms with van der Waals surface area (Å²) in [4.78, 5) is 11.8. The van der Waals surface area contributed by atoms with Crippen molar-refractivity contribution in [3.8, 4) is 0 Å². The minimum Gasteiger partial charge on any atom is -0.398 e. The molecule has 0 heterocycles. The van der Waals surface area contributed by atoms with Crippen LogP contribution in [0.15, 0.2) is 18.2 Å². The number of hydrogen-bond acceptors (Lipinski definition) is 3. The first-order chi connectivity index (χ1) is 8.65. The summed E-state index contributed by atoms with van der Waals surface area (Å²) in [6.07, 6.45) is 3.00. The first-order valence-electron chi connectivity index (χ1n) is 5.97. The Morgan fingerprint density at radius 3 is 2.83 bits per heavy atom. The zero-order valence-corrected chi connectivity index (χ0v) is 11.3. The molecule has 0 bridgehead atoms. The summed E-state index contributed by atoms with van der Waals surface area (Å²) in [5, 5.41) is 3.31. The number of benzene rings is 1. The highest BCUT2D eigenvalue weighted by Gasteiger charge is 2.06. The van der Waals surface area contributed by atoms with Gasteiger partial charge in [-0.3, -0.25) is 4.79 Å². The number of amides is 1. The summed E-state index contributed by atoms with van der Waals surface area (Å²) in [5.41, 5.74) is 6.60. The largest absolute Gasteiger partial charge is 0.398 e. The molecule has 1 aromatic carbocycles. The van der Waals surface area contributed by atoms with Gasteiger partial charge in [-0.05, 0) is 37.5 Å². The molecule has 0 aliphatic rings. The van der Waals surface area contributed by atoms with Crippen molar-refractivity contribution < 1.29 is 9.53 Å². The molecule has 0 saturated heterocycles. The summed E-state index contributed by atoms with van der Waals surface area (Å²) in [6, 6.07) is 4.88. The molecule has 0 spiro atoms. The van der Waals surface area contributed by atoms with Crippen molar-refractivity contribution in [3.05, 3.63) is 28.8 Å². The van der Waals surface area contributed by atoms with Crippen molar-refractivity contribution in [1.29, 1.82) is 0 Å². The number of nitrogens with one attached hydrogen (secondary N) is 1. The average molecular weight is 271 g/mol. The second kappa shape index (κ2) is 7.95. The Morgan fingerprint density at radius 1 is 1.39 bits per heavy atom. The van der Waals surface area contributed by atoms with Gasteiger partial charge in [-0.25, -0.2) is 0 Å². The molecule has 1 aromatic rings. The van der Waals surface area contributed by atoms with Crippen LogP contribution in [0.4, 0.5) is 5.69 Å². The van der Waals surface area contributed by atoms with Gasteiger partial charge in [-0.15, -0.1) is 0 Å². The Balaban J connectivity index is 2.30. The summed E-state index contributed by atoms with van der Waals surface area (Å²) in [5.74, 6) is -0.120. The lowest BCUT2D eigenvalue weighted by atomic mass is 10.2. The fraction of sp³-hybridized carbons (Fsp3) is 0.462. The second-order valence-corrected chi connectivity index (χ2v) is 4.45. The van der Waals surface area contributed by atoms with Crippen LogP contribution < -0.4 is 11.1 Å². The van der Waals surface area contributed by atoms with E-state index in [4.69, 9.17) is 22.1 Å². The van der Waals surface area contributed by atoms with E-state index >= 15 is 0 Å². The SMILES string of the molecule is COCCCCCNC(=O)c1ccc(Cl)c(N)c1. The summed E-state index contributed by atoms with van der Waals surface area (Å²) >= 11 is 5.79. The Bertz CT molecular complexity index is 397. The minimum absolute atomic E-state index is 0.120. The third-order valence-corrected chi connectivity index (χ3v) is 2.91. The molecule has 1 amide bonds. The normalized spacial score (nSPS) is 10.3. The number of carbonyl (C=O) groups excluding carboxylic acids is 1. The third-order valence-electron chi connectivity index (χ3n) is 2.57. The number of methoxy groups -OCH3 is 1. The number of halogens is 1. The van der Waals surface area contributed by atoms with Crippen LogP contribution in [0, 0.1) is 0 Å². The molecule has 5 heteroatoms. The smallest absolute Gasteiger partial charge is 0.251 e. The molecule has 0 unspecified atom stereocenters. The standard InChI is InChI=1S/C13H19ClN2O2/c1-18-8-4-2-3-7-16-13(17)10-5-6-11(14)12(15)9-10/h5-6,9H,2-4,7-8,15H2,1H3,(H,16,17). The van der Waals surface area contributed by atoms with Crippen LogP contribution in [0.5, 0.6) is 0 Å². The second-order valence-electron chi connectivity index (χ2n) is 4.05. The number of nitrogens with two attached hydrogens (primary N) is 1. The van der Waals surface area contributed by atoms with Gasteiger partial charge in [0.15, 0.2) is 0 Å². The maximum atomic E-state index is 11.8. The van der Waals surface area contributed by atoms with Crippen LogP contribution in [0.3, 0.4) is 0 Å². The summed E-state index contributed by atoms with van der Waals surface area (Å²) < 4.78 is 4.95. The van der Waals surface area contributed by atoms with Crippen molar-refractivity contribution in [2.24, 2.45) is 0 Å².